The molecule has 2 N–H and O–H groups in total. The number of carbonyl (C=O) groups is 1. The van der Waals surface area contributed by atoms with Crippen molar-refractivity contribution in [2.24, 2.45) is 5.92 Å². The Morgan fingerprint density at radius 2 is 2.00 bits per heavy atom. The molecule has 5 nitrogen and oxygen atoms in total. The van der Waals surface area contributed by atoms with Gasteiger partial charge in [-0.1, -0.05) is 19.8 Å². The van der Waals surface area contributed by atoms with Crippen molar-refractivity contribution in [2.75, 3.05) is 5.75 Å². The second kappa shape index (κ2) is 5.63. The highest BCUT2D eigenvalue weighted by Crippen LogP contribution is 2.22. The number of nitrogens with one attached hydrogen (secondary N) is 1. The van der Waals surface area contributed by atoms with Crippen LogP contribution in [0.4, 0.5) is 0 Å². The molecule has 0 aromatic heterocycles. The molecular formula is C10H19NO4S. The van der Waals surface area contributed by atoms with E-state index >= 15 is 0 Å². The maximum atomic E-state index is 11.4. The summed E-state index contributed by atoms with van der Waals surface area (Å²) >= 11 is 0. The molecule has 0 aliphatic heterocycles. The number of aliphatic carboxylic acids is 1. The zero-order chi connectivity index (χ0) is 12.2. The molecule has 0 saturated heterocycles. The van der Waals surface area contributed by atoms with Gasteiger partial charge in [0.2, 0.25) is 10.0 Å². The summed E-state index contributed by atoms with van der Waals surface area (Å²) in [5.74, 6) is -1.51. The molecule has 6 heteroatoms. The molecule has 0 aromatic carbocycles. The van der Waals surface area contributed by atoms with Crippen molar-refractivity contribution < 1.29 is 18.3 Å². The van der Waals surface area contributed by atoms with Crippen LogP contribution in [0.25, 0.3) is 0 Å². The molecule has 0 heterocycles. The zero-order valence-corrected chi connectivity index (χ0v) is 10.3. The quantitative estimate of drug-likeness (QED) is 0.727. The predicted molar refractivity (Wildman–Crippen MR) is 60.6 cm³/mol. The second-order valence-corrected chi connectivity index (χ2v) is 6.33. The third-order valence-corrected chi connectivity index (χ3v) is 4.24. The van der Waals surface area contributed by atoms with E-state index in [0.717, 1.165) is 32.1 Å². The molecule has 2 unspecified atom stereocenters. The van der Waals surface area contributed by atoms with Gasteiger partial charge in [-0.15, -0.1) is 0 Å². The van der Waals surface area contributed by atoms with Crippen LogP contribution in [0.3, 0.4) is 0 Å². The molecule has 1 fully saturated rings. The molecule has 2 atom stereocenters. The maximum absolute atomic E-state index is 11.4. The fourth-order valence-electron chi connectivity index (χ4n) is 2.06. The fourth-order valence-corrected chi connectivity index (χ4v) is 3.22. The van der Waals surface area contributed by atoms with Gasteiger partial charge in [0.05, 0.1) is 0 Å². The molecular weight excluding hydrogens is 230 g/mol. The first-order valence-electron chi connectivity index (χ1n) is 5.61. The van der Waals surface area contributed by atoms with E-state index in [4.69, 9.17) is 5.11 Å². The van der Waals surface area contributed by atoms with Crippen molar-refractivity contribution in [1.29, 1.82) is 0 Å². The van der Waals surface area contributed by atoms with Crippen molar-refractivity contribution in [3.05, 3.63) is 0 Å². The average molecular weight is 249 g/mol. The monoisotopic (exact) mass is 249 g/mol. The van der Waals surface area contributed by atoms with Crippen molar-refractivity contribution in [3.63, 3.8) is 0 Å². The Kier molecular flexibility index (Phi) is 4.73. The molecule has 1 rings (SSSR count). The topological polar surface area (TPSA) is 83.5 Å². The van der Waals surface area contributed by atoms with E-state index < -0.39 is 21.7 Å². The number of hydrogen-bond acceptors (Lipinski definition) is 3. The van der Waals surface area contributed by atoms with Crippen LogP contribution in [-0.2, 0) is 14.8 Å². The van der Waals surface area contributed by atoms with Crippen LogP contribution in [0.5, 0.6) is 0 Å². The third-order valence-electron chi connectivity index (χ3n) is 2.92. The van der Waals surface area contributed by atoms with Gasteiger partial charge < -0.3 is 5.11 Å². The molecule has 1 aliphatic rings. The van der Waals surface area contributed by atoms with Gasteiger partial charge in [-0.3, -0.25) is 4.79 Å². The van der Waals surface area contributed by atoms with Crippen molar-refractivity contribution in [1.82, 2.24) is 4.72 Å². The van der Waals surface area contributed by atoms with Crippen molar-refractivity contribution in [3.8, 4) is 0 Å². The summed E-state index contributed by atoms with van der Waals surface area (Å²) in [6, 6.07) is -0.0886. The van der Waals surface area contributed by atoms with E-state index in [1.54, 1.807) is 0 Å². The summed E-state index contributed by atoms with van der Waals surface area (Å²) in [5, 5.41) is 8.46. The zero-order valence-electron chi connectivity index (χ0n) is 9.48. The highest BCUT2D eigenvalue weighted by molar-refractivity contribution is 7.90. The Morgan fingerprint density at radius 1 is 1.31 bits per heavy atom. The molecule has 0 bridgehead atoms. The normalized spacial score (nSPS) is 27.3. The molecule has 0 amide bonds. The molecule has 1 saturated carbocycles. The van der Waals surface area contributed by atoms with Gasteiger partial charge in [0, 0.05) is 6.04 Å². The number of sulfonamides is 1. The van der Waals surface area contributed by atoms with E-state index in [9.17, 15) is 13.2 Å². The number of hydrogen-bond donors (Lipinski definition) is 2. The summed E-state index contributed by atoms with van der Waals surface area (Å²) in [6.45, 7) is 2.16. The summed E-state index contributed by atoms with van der Waals surface area (Å²) in [4.78, 5) is 10.4. The summed E-state index contributed by atoms with van der Waals surface area (Å²) in [5.41, 5.74) is 0. The summed E-state index contributed by atoms with van der Waals surface area (Å²) < 4.78 is 25.3. The number of carboxylic acids is 1. The Labute approximate surface area is 96.3 Å². The van der Waals surface area contributed by atoms with E-state index in [1.165, 1.54) is 0 Å². The van der Waals surface area contributed by atoms with E-state index in [-0.39, 0.29) is 6.04 Å². The van der Waals surface area contributed by atoms with Gasteiger partial charge in [0.25, 0.3) is 0 Å². The molecule has 16 heavy (non-hydrogen) atoms. The van der Waals surface area contributed by atoms with Crippen molar-refractivity contribution >= 4 is 16.0 Å². The molecule has 0 radical (unpaired) electrons. The minimum absolute atomic E-state index is 0.0886. The SMILES string of the molecule is CC1CCCC(NS(=O)(=O)CC(=O)O)CC1. The fraction of sp³-hybridized carbons (Fsp3) is 0.900. The highest BCUT2D eigenvalue weighted by Gasteiger charge is 2.23. The first-order valence-corrected chi connectivity index (χ1v) is 7.26. The standard InChI is InChI=1S/C10H19NO4S/c1-8-3-2-4-9(6-5-8)11-16(14,15)7-10(12)13/h8-9,11H,2-7H2,1H3,(H,12,13). The Bertz CT molecular complexity index is 339. The lowest BCUT2D eigenvalue weighted by Crippen LogP contribution is -2.37. The predicted octanol–water partition coefficient (Wildman–Crippen LogP) is 0.959. The lowest BCUT2D eigenvalue weighted by atomic mass is 10.0. The van der Waals surface area contributed by atoms with Crippen LogP contribution < -0.4 is 4.72 Å². The van der Waals surface area contributed by atoms with Crippen LogP contribution in [0, 0.1) is 5.92 Å². The van der Waals surface area contributed by atoms with Crippen LogP contribution in [0.2, 0.25) is 0 Å². The Morgan fingerprint density at radius 3 is 2.62 bits per heavy atom. The van der Waals surface area contributed by atoms with Gasteiger partial charge >= 0.3 is 5.97 Å². The Balaban J connectivity index is 2.50. The first-order chi connectivity index (χ1) is 7.39. The smallest absolute Gasteiger partial charge is 0.320 e. The third kappa shape index (κ3) is 4.94. The highest BCUT2D eigenvalue weighted by atomic mass is 32.2. The minimum Gasteiger partial charge on any atom is -0.480 e. The van der Waals surface area contributed by atoms with Crippen LogP contribution >= 0.6 is 0 Å². The van der Waals surface area contributed by atoms with Gasteiger partial charge in [0.1, 0.15) is 0 Å². The lowest BCUT2D eigenvalue weighted by Gasteiger charge is -2.15. The van der Waals surface area contributed by atoms with Crippen molar-refractivity contribution in [2.45, 2.75) is 45.1 Å². The summed E-state index contributed by atoms with van der Waals surface area (Å²) in [6.07, 6.45) is 4.74. The summed E-state index contributed by atoms with van der Waals surface area (Å²) in [7, 11) is -3.66. The van der Waals surface area contributed by atoms with Gasteiger partial charge in [0.15, 0.2) is 5.75 Å². The Hall–Kier alpha value is -0.620. The van der Waals surface area contributed by atoms with E-state index in [2.05, 4.69) is 11.6 Å². The van der Waals surface area contributed by atoms with Crippen LogP contribution in [0.1, 0.15) is 39.0 Å². The largest absolute Gasteiger partial charge is 0.480 e. The average Bonchev–Trinajstić information content (AvgIpc) is 2.28. The minimum atomic E-state index is -3.66. The van der Waals surface area contributed by atoms with Crippen LogP contribution in [0.15, 0.2) is 0 Å². The molecule has 0 aromatic rings. The van der Waals surface area contributed by atoms with Gasteiger partial charge in [-0.2, -0.15) is 0 Å². The second-order valence-electron chi connectivity index (χ2n) is 4.58. The molecule has 94 valence electrons. The number of carboxylic acid groups (broad SMARTS) is 1. The maximum Gasteiger partial charge on any atom is 0.320 e. The van der Waals surface area contributed by atoms with E-state index in [0.29, 0.717) is 5.92 Å². The van der Waals surface area contributed by atoms with Gasteiger partial charge in [-0.25, -0.2) is 13.1 Å². The van der Waals surface area contributed by atoms with Gasteiger partial charge in [-0.05, 0) is 25.2 Å². The first kappa shape index (κ1) is 13.4. The van der Waals surface area contributed by atoms with Crippen LogP contribution in [-0.4, -0.2) is 31.3 Å². The number of rotatable bonds is 4. The molecule has 0 spiro atoms. The lowest BCUT2D eigenvalue weighted by molar-refractivity contribution is -0.134. The van der Waals surface area contributed by atoms with E-state index in [1.807, 2.05) is 0 Å². The molecule has 1 aliphatic carbocycles.